The number of fused-ring (bicyclic) bond motifs is 1. The van der Waals surface area contributed by atoms with Gasteiger partial charge in [0.25, 0.3) is 0 Å². The fraction of sp³-hybridized carbons (Fsp3) is 0.417. The summed E-state index contributed by atoms with van der Waals surface area (Å²) in [5.74, 6) is 1.11. The van der Waals surface area contributed by atoms with Gasteiger partial charge in [-0.05, 0) is 17.7 Å². The number of nitrogens with two attached hydrogens (primary N) is 1. The van der Waals surface area contributed by atoms with Gasteiger partial charge in [-0.1, -0.05) is 6.07 Å². The Balaban J connectivity index is 1.66. The van der Waals surface area contributed by atoms with E-state index in [4.69, 9.17) is 19.9 Å². The number of nitrogens with one attached hydrogen (secondary N) is 1. The van der Waals surface area contributed by atoms with Crippen LogP contribution in [0, 0.1) is 0 Å². The van der Waals surface area contributed by atoms with Gasteiger partial charge in [0.1, 0.15) is 6.61 Å². The summed E-state index contributed by atoms with van der Waals surface area (Å²) in [5, 5.41) is 3.19. The first-order valence-electron chi connectivity index (χ1n) is 5.71. The topological polar surface area (TPSA) is 82.8 Å². The van der Waals surface area contributed by atoms with Crippen molar-refractivity contribution < 1.29 is 19.0 Å². The Morgan fingerprint density at radius 3 is 3.06 bits per heavy atom. The Labute approximate surface area is 105 Å². The maximum Gasteiger partial charge on any atom is 0.243 e. The number of benzene rings is 1. The normalized spacial score (nSPS) is 12.7. The van der Waals surface area contributed by atoms with Gasteiger partial charge in [-0.3, -0.25) is 4.79 Å². The van der Waals surface area contributed by atoms with Crippen molar-refractivity contribution in [3.8, 4) is 11.5 Å². The minimum Gasteiger partial charge on any atom is -0.454 e. The summed E-state index contributed by atoms with van der Waals surface area (Å²) in [4.78, 5) is 10.4. The van der Waals surface area contributed by atoms with Crippen molar-refractivity contribution in [2.75, 3.05) is 26.6 Å². The monoisotopic (exact) mass is 252 g/mol. The summed E-state index contributed by atoms with van der Waals surface area (Å²) < 4.78 is 15.5. The zero-order valence-electron chi connectivity index (χ0n) is 9.98. The summed E-state index contributed by atoms with van der Waals surface area (Å²) in [7, 11) is 0. The second-order valence-electron chi connectivity index (χ2n) is 3.88. The minimum absolute atomic E-state index is 0.0360. The Kier molecular flexibility index (Phi) is 4.38. The number of carbonyl (C=O) groups excluding carboxylic acids is 1. The van der Waals surface area contributed by atoms with E-state index in [9.17, 15) is 4.79 Å². The maximum atomic E-state index is 10.4. The largest absolute Gasteiger partial charge is 0.454 e. The first kappa shape index (κ1) is 12.7. The van der Waals surface area contributed by atoms with Crippen LogP contribution in [0.1, 0.15) is 5.56 Å². The van der Waals surface area contributed by atoms with Gasteiger partial charge in [0.05, 0.1) is 6.61 Å². The molecule has 1 aromatic rings. The Morgan fingerprint density at radius 1 is 1.39 bits per heavy atom. The highest BCUT2D eigenvalue weighted by atomic mass is 16.7. The van der Waals surface area contributed by atoms with E-state index in [0.717, 1.165) is 17.1 Å². The van der Waals surface area contributed by atoms with Crippen LogP contribution in [-0.4, -0.2) is 32.5 Å². The van der Waals surface area contributed by atoms with Gasteiger partial charge in [-0.15, -0.1) is 0 Å². The predicted octanol–water partition coefficient (Wildman–Crippen LogP) is 0.00680. The lowest BCUT2D eigenvalue weighted by molar-refractivity contribution is -0.122. The molecule has 0 bridgehead atoms. The van der Waals surface area contributed by atoms with Crippen molar-refractivity contribution in [3.05, 3.63) is 23.8 Å². The molecule has 0 unspecified atom stereocenters. The molecule has 0 spiro atoms. The molecule has 1 aliphatic rings. The molecule has 0 radical (unpaired) electrons. The Hall–Kier alpha value is -1.79. The van der Waals surface area contributed by atoms with Crippen LogP contribution in [0.25, 0.3) is 0 Å². The lowest BCUT2D eigenvalue weighted by atomic mass is 10.2. The Bertz CT molecular complexity index is 423. The lowest BCUT2D eigenvalue weighted by Crippen LogP contribution is -2.23. The Morgan fingerprint density at radius 2 is 2.22 bits per heavy atom. The van der Waals surface area contributed by atoms with Crippen LogP contribution in [0.2, 0.25) is 0 Å². The van der Waals surface area contributed by atoms with E-state index in [2.05, 4.69) is 5.32 Å². The quantitative estimate of drug-likeness (QED) is 0.668. The van der Waals surface area contributed by atoms with Gasteiger partial charge in [-0.2, -0.15) is 0 Å². The van der Waals surface area contributed by atoms with Crippen molar-refractivity contribution in [1.82, 2.24) is 5.32 Å². The number of carbonyl (C=O) groups is 1. The summed E-state index contributed by atoms with van der Waals surface area (Å²) >= 11 is 0. The molecule has 6 nitrogen and oxygen atoms in total. The molecule has 2 rings (SSSR count). The number of hydrogen-bond acceptors (Lipinski definition) is 5. The van der Waals surface area contributed by atoms with E-state index in [1.165, 1.54) is 0 Å². The third-order valence-corrected chi connectivity index (χ3v) is 2.43. The van der Waals surface area contributed by atoms with Crippen LogP contribution < -0.4 is 20.5 Å². The smallest absolute Gasteiger partial charge is 0.243 e. The third-order valence-electron chi connectivity index (χ3n) is 2.43. The number of rotatable bonds is 7. The van der Waals surface area contributed by atoms with Crippen molar-refractivity contribution in [2.24, 2.45) is 5.73 Å². The summed E-state index contributed by atoms with van der Waals surface area (Å²) in [6, 6.07) is 5.81. The van der Waals surface area contributed by atoms with Gasteiger partial charge in [0.2, 0.25) is 12.7 Å². The number of ether oxygens (including phenoxy) is 3. The molecular weight excluding hydrogens is 236 g/mol. The van der Waals surface area contributed by atoms with Crippen molar-refractivity contribution in [2.45, 2.75) is 6.54 Å². The average molecular weight is 252 g/mol. The van der Waals surface area contributed by atoms with Gasteiger partial charge in [0, 0.05) is 13.1 Å². The standard InChI is InChI=1S/C12H16N2O4/c13-12(15)7-16-4-3-14-6-9-1-2-10-11(5-9)18-8-17-10/h1-2,5,14H,3-4,6-8H2,(H2,13,15). The van der Waals surface area contributed by atoms with Crippen molar-refractivity contribution in [1.29, 1.82) is 0 Å². The van der Waals surface area contributed by atoms with Crippen LogP contribution in [0.5, 0.6) is 11.5 Å². The molecule has 0 fully saturated rings. The highest BCUT2D eigenvalue weighted by Crippen LogP contribution is 2.32. The molecule has 0 atom stereocenters. The summed E-state index contributed by atoms with van der Waals surface area (Å²) in [6.45, 7) is 2.06. The molecule has 6 heteroatoms. The molecule has 1 heterocycles. The van der Waals surface area contributed by atoms with Crippen molar-refractivity contribution in [3.63, 3.8) is 0 Å². The fourth-order valence-electron chi connectivity index (χ4n) is 1.60. The van der Waals surface area contributed by atoms with Crippen molar-refractivity contribution >= 4 is 5.91 Å². The van der Waals surface area contributed by atoms with Gasteiger partial charge in [0.15, 0.2) is 11.5 Å². The van der Waals surface area contributed by atoms with Crippen LogP contribution >= 0.6 is 0 Å². The number of amides is 1. The SMILES string of the molecule is NC(=O)COCCNCc1ccc2c(c1)OCO2. The minimum atomic E-state index is -0.453. The average Bonchev–Trinajstić information content (AvgIpc) is 2.80. The number of primary amides is 1. The van der Waals surface area contributed by atoms with E-state index in [1.54, 1.807) is 0 Å². The van der Waals surface area contributed by atoms with E-state index in [1.807, 2.05) is 18.2 Å². The van der Waals surface area contributed by atoms with E-state index < -0.39 is 5.91 Å². The summed E-state index contributed by atoms with van der Waals surface area (Å²) in [6.07, 6.45) is 0. The van der Waals surface area contributed by atoms with E-state index in [-0.39, 0.29) is 13.4 Å². The molecule has 1 aliphatic heterocycles. The summed E-state index contributed by atoms with van der Waals surface area (Å²) in [5.41, 5.74) is 6.05. The predicted molar refractivity (Wildman–Crippen MR) is 64.3 cm³/mol. The molecular formula is C12H16N2O4. The fourth-order valence-corrected chi connectivity index (χ4v) is 1.60. The zero-order chi connectivity index (χ0) is 12.8. The highest BCUT2D eigenvalue weighted by molar-refractivity contribution is 5.74. The molecule has 0 aliphatic carbocycles. The molecule has 0 saturated carbocycles. The van der Waals surface area contributed by atoms with Gasteiger partial charge < -0.3 is 25.3 Å². The van der Waals surface area contributed by atoms with Crippen LogP contribution in [0.3, 0.4) is 0 Å². The molecule has 0 saturated heterocycles. The van der Waals surface area contributed by atoms with Crippen LogP contribution in [0.15, 0.2) is 18.2 Å². The zero-order valence-corrected chi connectivity index (χ0v) is 9.98. The van der Waals surface area contributed by atoms with Gasteiger partial charge in [-0.25, -0.2) is 0 Å². The number of hydrogen-bond donors (Lipinski definition) is 2. The molecule has 98 valence electrons. The highest BCUT2D eigenvalue weighted by Gasteiger charge is 2.12. The van der Waals surface area contributed by atoms with Crippen LogP contribution in [-0.2, 0) is 16.1 Å². The molecule has 1 amide bonds. The second kappa shape index (κ2) is 6.23. The molecule has 1 aromatic carbocycles. The first-order chi connectivity index (χ1) is 8.75. The van der Waals surface area contributed by atoms with E-state index in [0.29, 0.717) is 19.7 Å². The van der Waals surface area contributed by atoms with E-state index >= 15 is 0 Å². The molecule has 0 aromatic heterocycles. The maximum absolute atomic E-state index is 10.4. The van der Waals surface area contributed by atoms with Crippen LogP contribution in [0.4, 0.5) is 0 Å². The molecule has 3 N–H and O–H groups in total. The van der Waals surface area contributed by atoms with Gasteiger partial charge >= 0.3 is 0 Å². The second-order valence-corrected chi connectivity index (χ2v) is 3.88. The third kappa shape index (κ3) is 3.61. The molecule has 18 heavy (non-hydrogen) atoms. The lowest BCUT2D eigenvalue weighted by Gasteiger charge is -2.06. The first-order valence-corrected chi connectivity index (χ1v) is 5.71.